The van der Waals surface area contributed by atoms with Gasteiger partial charge in [-0.2, -0.15) is 0 Å². The number of halogens is 1. The van der Waals surface area contributed by atoms with Crippen LogP contribution in [0, 0.1) is 5.92 Å². The summed E-state index contributed by atoms with van der Waals surface area (Å²) < 4.78 is 6.86. The van der Waals surface area contributed by atoms with Crippen molar-refractivity contribution in [2.45, 2.75) is 32.4 Å². The molecular formula is C14H19BrN4OS. The molecule has 0 bridgehead atoms. The van der Waals surface area contributed by atoms with Crippen molar-refractivity contribution in [2.75, 3.05) is 13.1 Å². The van der Waals surface area contributed by atoms with Crippen LogP contribution in [0.25, 0.3) is 10.8 Å². The van der Waals surface area contributed by atoms with E-state index in [1.165, 1.54) is 12.8 Å². The molecule has 3 heterocycles. The van der Waals surface area contributed by atoms with Crippen molar-refractivity contribution in [2.24, 2.45) is 11.7 Å². The SMILES string of the molecule is CC1CCCN(Cc2nnc(-c3ccc(Br)s3)o2)C1CN. The van der Waals surface area contributed by atoms with Gasteiger partial charge in [-0.25, -0.2) is 0 Å². The number of rotatable bonds is 4. The number of nitrogens with two attached hydrogens (primary N) is 1. The summed E-state index contributed by atoms with van der Waals surface area (Å²) in [5, 5.41) is 8.33. The molecule has 5 nitrogen and oxygen atoms in total. The molecule has 2 unspecified atom stereocenters. The van der Waals surface area contributed by atoms with Crippen LogP contribution >= 0.6 is 27.3 Å². The van der Waals surface area contributed by atoms with Crippen LogP contribution in [-0.4, -0.2) is 34.2 Å². The van der Waals surface area contributed by atoms with Gasteiger partial charge in [-0.15, -0.1) is 21.5 Å². The van der Waals surface area contributed by atoms with Gasteiger partial charge in [-0.3, -0.25) is 4.90 Å². The van der Waals surface area contributed by atoms with Crippen LogP contribution < -0.4 is 5.73 Å². The van der Waals surface area contributed by atoms with E-state index in [0.717, 1.165) is 15.2 Å². The van der Waals surface area contributed by atoms with Crippen molar-refractivity contribution in [1.29, 1.82) is 0 Å². The van der Waals surface area contributed by atoms with E-state index in [0.29, 0.717) is 36.8 Å². The Morgan fingerprint density at radius 3 is 3.05 bits per heavy atom. The molecule has 0 spiro atoms. The second-order valence-electron chi connectivity index (χ2n) is 5.50. The van der Waals surface area contributed by atoms with Crippen LogP contribution in [0.1, 0.15) is 25.7 Å². The van der Waals surface area contributed by atoms with Crippen molar-refractivity contribution in [3.05, 3.63) is 21.8 Å². The molecule has 0 radical (unpaired) electrons. The quantitative estimate of drug-likeness (QED) is 0.895. The van der Waals surface area contributed by atoms with E-state index < -0.39 is 0 Å². The van der Waals surface area contributed by atoms with Gasteiger partial charge in [-0.05, 0) is 53.4 Å². The minimum absolute atomic E-state index is 0.407. The second-order valence-corrected chi connectivity index (χ2v) is 7.96. The van der Waals surface area contributed by atoms with Gasteiger partial charge in [-0.1, -0.05) is 6.92 Å². The van der Waals surface area contributed by atoms with Gasteiger partial charge < -0.3 is 10.2 Å². The molecule has 1 saturated heterocycles. The molecule has 0 aromatic carbocycles. The maximum absolute atomic E-state index is 5.92. The lowest BCUT2D eigenvalue weighted by molar-refractivity contribution is 0.0901. The maximum Gasteiger partial charge on any atom is 0.257 e. The van der Waals surface area contributed by atoms with Gasteiger partial charge in [0, 0.05) is 12.6 Å². The zero-order chi connectivity index (χ0) is 14.8. The highest BCUT2D eigenvalue weighted by atomic mass is 79.9. The minimum Gasteiger partial charge on any atom is -0.419 e. The minimum atomic E-state index is 0.407. The summed E-state index contributed by atoms with van der Waals surface area (Å²) in [6.07, 6.45) is 2.45. The van der Waals surface area contributed by atoms with E-state index in [1.807, 2.05) is 12.1 Å². The van der Waals surface area contributed by atoms with E-state index in [2.05, 4.69) is 38.0 Å². The van der Waals surface area contributed by atoms with Crippen molar-refractivity contribution < 1.29 is 4.42 Å². The third-order valence-corrected chi connectivity index (χ3v) is 5.67. The van der Waals surface area contributed by atoms with E-state index in [4.69, 9.17) is 10.2 Å². The third kappa shape index (κ3) is 3.36. The first-order valence-corrected chi connectivity index (χ1v) is 8.80. The average molecular weight is 371 g/mol. The Morgan fingerprint density at radius 1 is 1.48 bits per heavy atom. The Labute approximate surface area is 136 Å². The molecule has 7 heteroatoms. The van der Waals surface area contributed by atoms with Crippen LogP contribution in [0.2, 0.25) is 0 Å². The number of likely N-dealkylation sites (tertiary alicyclic amines) is 1. The second kappa shape index (κ2) is 6.56. The van der Waals surface area contributed by atoms with E-state index in [-0.39, 0.29) is 0 Å². The van der Waals surface area contributed by atoms with Crippen molar-refractivity contribution in [1.82, 2.24) is 15.1 Å². The number of aromatic nitrogens is 2. The molecule has 2 aromatic heterocycles. The highest BCUT2D eigenvalue weighted by molar-refractivity contribution is 9.11. The number of nitrogens with zero attached hydrogens (tertiary/aromatic N) is 3. The molecular weight excluding hydrogens is 352 g/mol. The molecule has 2 atom stereocenters. The number of hydrogen-bond donors (Lipinski definition) is 1. The van der Waals surface area contributed by atoms with Crippen molar-refractivity contribution in [3.63, 3.8) is 0 Å². The van der Waals surface area contributed by atoms with Crippen LogP contribution in [-0.2, 0) is 6.54 Å². The van der Waals surface area contributed by atoms with Crippen LogP contribution in [0.15, 0.2) is 20.3 Å². The van der Waals surface area contributed by atoms with Crippen LogP contribution in [0.4, 0.5) is 0 Å². The summed E-state index contributed by atoms with van der Waals surface area (Å²) in [6.45, 7) is 4.69. The largest absolute Gasteiger partial charge is 0.419 e. The first-order chi connectivity index (χ1) is 10.2. The van der Waals surface area contributed by atoms with Crippen molar-refractivity contribution in [3.8, 4) is 10.8 Å². The molecule has 1 aliphatic rings. The molecule has 2 aromatic rings. The summed E-state index contributed by atoms with van der Waals surface area (Å²) in [5.41, 5.74) is 5.92. The van der Waals surface area contributed by atoms with E-state index in [9.17, 15) is 0 Å². The lowest BCUT2D eigenvalue weighted by atomic mass is 9.91. The summed E-state index contributed by atoms with van der Waals surface area (Å²) in [6, 6.07) is 4.38. The summed E-state index contributed by atoms with van der Waals surface area (Å²) in [5.74, 6) is 1.89. The molecule has 3 rings (SSSR count). The van der Waals surface area contributed by atoms with Gasteiger partial charge >= 0.3 is 0 Å². The van der Waals surface area contributed by atoms with Gasteiger partial charge in [0.05, 0.1) is 15.2 Å². The van der Waals surface area contributed by atoms with Crippen LogP contribution in [0.5, 0.6) is 0 Å². The molecule has 2 N–H and O–H groups in total. The summed E-state index contributed by atoms with van der Waals surface area (Å²) in [4.78, 5) is 3.36. The predicted octanol–water partition coefficient (Wildman–Crippen LogP) is 3.12. The fourth-order valence-corrected chi connectivity index (χ4v) is 4.24. The van der Waals surface area contributed by atoms with Gasteiger partial charge in [0.1, 0.15) is 0 Å². The Bertz CT molecular complexity index is 599. The molecule has 0 aliphatic carbocycles. The summed E-state index contributed by atoms with van der Waals surface area (Å²) in [7, 11) is 0. The summed E-state index contributed by atoms with van der Waals surface area (Å²) >= 11 is 5.04. The Morgan fingerprint density at radius 2 is 2.33 bits per heavy atom. The molecule has 1 fully saturated rings. The molecule has 0 saturated carbocycles. The average Bonchev–Trinajstić information content (AvgIpc) is 3.08. The normalized spacial score (nSPS) is 23.6. The molecule has 0 amide bonds. The number of piperidine rings is 1. The maximum atomic E-state index is 5.92. The lowest BCUT2D eigenvalue weighted by Gasteiger charge is -2.38. The number of hydrogen-bond acceptors (Lipinski definition) is 6. The Balaban J connectivity index is 1.72. The fraction of sp³-hybridized carbons (Fsp3) is 0.571. The zero-order valence-electron chi connectivity index (χ0n) is 12.0. The fourth-order valence-electron chi connectivity index (χ4n) is 2.93. The van der Waals surface area contributed by atoms with Gasteiger partial charge in [0.25, 0.3) is 5.89 Å². The number of thiophene rings is 1. The predicted molar refractivity (Wildman–Crippen MR) is 87.0 cm³/mol. The highest BCUT2D eigenvalue weighted by Gasteiger charge is 2.28. The topological polar surface area (TPSA) is 68.2 Å². The molecule has 21 heavy (non-hydrogen) atoms. The van der Waals surface area contributed by atoms with E-state index >= 15 is 0 Å². The first-order valence-electron chi connectivity index (χ1n) is 7.19. The van der Waals surface area contributed by atoms with Gasteiger partial charge in [0.2, 0.25) is 5.89 Å². The third-order valence-electron chi connectivity index (χ3n) is 4.06. The standard InChI is InChI=1S/C14H19BrN4OS/c1-9-3-2-6-19(10(9)7-16)8-13-17-18-14(20-13)11-4-5-12(15)21-11/h4-5,9-10H,2-3,6-8,16H2,1H3. The van der Waals surface area contributed by atoms with Crippen LogP contribution in [0.3, 0.4) is 0 Å². The molecule has 1 aliphatic heterocycles. The molecule has 114 valence electrons. The highest BCUT2D eigenvalue weighted by Crippen LogP contribution is 2.31. The zero-order valence-corrected chi connectivity index (χ0v) is 14.4. The van der Waals surface area contributed by atoms with Gasteiger partial charge in [0.15, 0.2) is 0 Å². The van der Waals surface area contributed by atoms with E-state index in [1.54, 1.807) is 11.3 Å². The monoisotopic (exact) mass is 370 g/mol. The smallest absolute Gasteiger partial charge is 0.257 e. The Hall–Kier alpha value is -0.760. The van der Waals surface area contributed by atoms with Crippen molar-refractivity contribution >= 4 is 27.3 Å². The first kappa shape index (κ1) is 15.1. The Kier molecular flexibility index (Phi) is 4.73. The lowest BCUT2D eigenvalue weighted by Crippen LogP contribution is -2.48.